The third-order valence-corrected chi connectivity index (χ3v) is 4.37. The molecule has 2 heteroatoms. The average molecular weight is 240 g/mol. The summed E-state index contributed by atoms with van der Waals surface area (Å²) in [6, 6.07) is 0.867. The van der Waals surface area contributed by atoms with Crippen LogP contribution < -0.4 is 5.73 Å². The third kappa shape index (κ3) is 5.87. The van der Waals surface area contributed by atoms with Gasteiger partial charge in [-0.2, -0.15) is 0 Å². The zero-order valence-electron chi connectivity index (χ0n) is 12.2. The molecule has 1 fully saturated rings. The summed E-state index contributed by atoms with van der Waals surface area (Å²) in [7, 11) is 2.31. The van der Waals surface area contributed by atoms with Crippen molar-refractivity contribution in [2.45, 2.75) is 71.3 Å². The highest BCUT2D eigenvalue weighted by molar-refractivity contribution is 4.74. The average Bonchev–Trinajstić information content (AvgIpc) is 2.35. The first-order valence-corrected chi connectivity index (χ1v) is 7.45. The van der Waals surface area contributed by atoms with Crippen LogP contribution in [0.25, 0.3) is 0 Å². The highest BCUT2D eigenvalue weighted by Gasteiger charge is 2.18. The summed E-state index contributed by atoms with van der Waals surface area (Å²) < 4.78 is 0. The highest BCUT2D eigenvalue weighted by Crippen LogP contribution is 2.23. The van der Waals surface area contributed by atoms with Crippen LogP contribution in [-0.2, 0) is 0 Å². The van der Waals surface area contributed by atoms with Crippen LogP contribution in [0.3, 0.4) is 0 Å². The Morgan fingerprint density at radius 1 is 1.12 bits per heavy atom. The lowest BCUT2D eigenvalue weighted by atomic mass is 9.87. The van der Waals surface area contributed by atoms with Crippen LogP contribution in [0.15, 0.2) is 0 Å². The standard InChI is InChI=1S/C15H32N2/c1-15(2,13-16)11-7-8-12-17(3)14-9-5-4-6-10-14/h14H,4-13,16H2,1-3H3. The van der Waals surface area contributed by atoms with E-state index in [1.54, 1.807) is 0 Å². The largest absolute Gasteiger partial charge is 0.330 e. The molecule has 0 spiro atoms. The van der Waals surface area contributed by atoms with E-state index in [2.05, 4.69) is 25.8 Å². The van der Waals surface area contributed by atoms with Gasteiger partial charge in [0.1, 0.15) is 0 Å². The molecule has 0 radical (unpaired) electrons. The summed E-state index contributed by atoms with van der Waals surface area (Å²) in [5.41, 5.74) is 6.09. The van der Waals surface area contributed by atoms with Crippen LogP contribution in [0.2, 0.25) is 0 Å². The molecule has 0 aromatic heterocycles. The van der Waals surface area contributed by atoms with Gasteiger partial charge in [0.05, 0.1) is 0 Å². The Bertz CT molecular complexity index is 195. The molecule has 1 rings (SSSR count). The number of hydrogen-bond acceptors (Lipinski definition) is 2. The summed E-state index contributed by atoms with van der Waals surface area (Å²) in [4.78, 5) is 2.59. The molecule has 0 amide bonds. The minimum Gasteiger partial charge on any atom is -0.330 e. The Balaban J connectivity index is 2.09. The predicted octanol–water partition coefficient (Wildman–Crippen LogP) is 3.41. The number of nitrogens with zero attached hydrogens (tertiary/aromatic N) is 1. The van der Waals surface area contributed by atoms with E-state index in [-0.39, 0.29) is 0 Å². The molecule has 0 atom stereocenters. The lowest BCUT2D eigenvalue weighted by Crippen LogP contribution is -2.34. The summed E-state index contributed by atoms with van der Waals surface area (Å²) in [5.74, 6) is 0. The second-order valence-electron chi connectivity index (χ2n) is 6.60. The van der Waals surface area contributed by atoms with E-state index in [4.69, 9.17) is 5.73 Å². The maximum Gasteiger partial charge on any atom is 0.00922 e. The van der Waals surface area contributed by atoms with Gasteiger partial charge in [-0.1, -0.05) is 39.5 Å². The maximum absolute atomic E-state index is 5.75. The minimum absolute atomic E-state index is 0.337. The van der Waals surface area contributed by atoms with Gasteiger partial charge in [-0.15, -0.1) is 0 Å². The second-order valence-corrected chi connectivity index (χ2v) is 6.60. The number of rotatable bonds is 7. The summed E-state index contributed by atoms with van der Waals surface area (Å²) in [6.45, 7) is 6.63. The Morgan fingerprint density at radius 2 is 1.76 bits per heavy atom. The van der Waals surface area contributed by atoms with Crippen molar-refractivity contribution in [1.82, 2.24) is 4.90 Å². The van der Waals surface area contributed by atoms with Crippen LogP contribution in [0.1, 0.15) is 65.2 Å². The Labute approximate surface area is 108 Å². The molecule has 0 saturated heterocycles. The molecule has 0 aromatic carbocycles. The molecule has 2 N–H and O–H groups in total. The molecule has 17 heavy (non-hydrogen) atoms. The first kappa shape index (κ1) is 15.0. The summed E-state index contributed by atoms with van der Waals surface area (Å²) in [5, 5.41) is 0. The topological polar surface area (TPSA) is 29.3 Å². The fourth-order valence-corrected chi connectivity index (χ4v) is 2.77. The van der Waals surface area contributed by atoms with E-state index < -0.39 is 0 Å². The van der Waals surface area contributed by atoms with Crippen LogP contribution in [0.5, 0.6) is 0 Å². The van der Waals surface area contributed by atoms with Crippen molar-refractivity contribution in [2.24, 2.45) is 11.1 Å². The van der Waals surface area contributed by atoms with E-state index in [9.17, 15) is 0 Å². The van der Waals surface area contributed by atoms with Crippen LogP contribution in [-0.4, -0.2) is 31.1 Å². The van der Waals surface area contributed by atoms with Gasteiger partial charge >= 0.3 is 0 Å². The maximum atomic E-state index is 5.75. The molecule has 0 bridgehead atoms. The normalized spacial score (nSPS) is 18.9. The highest BCUT2D eigenvalue weighted by atomic mass is 15.1. The van der Waals surface area contributed by atoms with Gasteiger partial charge in [0.2, 0.25) is 0 Å². The van der Waals surface area contributed by atoms with Gasteiger partial charge in [-0.25, -0.2) is 0 Å². The van der Waals surface area contributed by atoms with E-state index in [1.165, 1.54) is 57.9 Å². The second kappa shape index (κ2) is 7.38. The first-order valence-electron chi connectivity index (χ1n) is 7.45. The Kier molecular flexibility index (Phi) is 6.50. The van der Waals surface area contributed by atoms with Gasteiger partial charge in [-0.3, -0.25) is 0 Å². The molecule has 1 aliphatic rings. The molecule has 2 nitrogen and oxygen atoms in total. The van der Waals surface area contributed by atoms with Gasteiger partial charge in [0, 0.05) is 6.04 Å². The van der Waals surface area contributed by atoms with Gasteiger partial charge < -0.3 is 10.6 Å². The zero-order chi connectivity index (χ0) is 12.7. The number of unbranched alkanes of at least 4 members (excludes halogenated alkanes) is 1. The van der Waals surface area contributed by atoms with Crippen molar-refractivity contribution < 1.29 is 0 Å². The molecular formula is C15H32N2. The monoisotopic (exact) mass is 240 g/mol. The molecule has 1 aliphatic carbocycles. The van der Waals surface area contributed by atoms with Crippen molar-refractivity contribution in [3.05, 3.63) is 0 Å². The molecule has 0 aliphatic heterocycles. The van der Waals surface area contributed by atoms with Gasteiger partial charge in [0.15, 0.2) is 0 Å². The number of hydrogen-bond donors (Lipinski definition) is 1. The van der Waals surface area contributed by atoms with Crippen molar-refractivity contribution in [2.75, 3.05) is 20.1 Å². The quantitative estimate of drug-likeness (QED) is 0.691. The van der Waals surface area contributed by atoms with Crippen molar-refractivity contribution in [1.29, 1.82) is 0 Å². The zero-order valence-corrected chi connectivity index (χ0v) is 12.2. The number of nitrogens with two attached hydrogens (primary N) is 1. The minimum atomic E-state index is 0.337. The van der Waals surface area contributed by atoms with Crippen molar-refractivity contribution in [3.8, 4) is 0 Å². The molecule has 0 heterocycles. The lowest BCUT2D eigenvalue weighted by molar-refractivity contribution is 0.185. The van der Waals surface area contributed by atoms with Crippen LogP contribution in [0.4, 0.5) is 0 Å². The summed E-state index contributed by atoms with van der Waals surface area (Å²) in [6.07, 6.45) is 11.1. The van der Waals surface area contributed by atoms with Crippen molar-refractivity contribution >= 4 is 0 Å². The fraction of sp³-hybridized carbons (Fsp3) is 1.00. The summed E-state index contributed by atoms with van der Waals surface area (Å²) >= 11 is 0. The predicted molar refractivity (Wildman–Crippen MR) is 76.2 cm³/mol. The van der Waals surface area contributed by atoms with Crippen LogP contribution in [0, 0.1) is 5.41 Å². The van der Waals surface area contributed by atoms with Gasteiger partial charge in [-0.05, 0) is 51.2 Å². The van der Waals surface area contributed by atoms with E-state index in [1.807, 2.05) is 0 Å². The SMILES string of the molecule is CN(CCCCC(C)(C)CN)C1CCCCC1. The van der Waals surface area contributed by atoms with E-state index in [0.717, 1.165) is 12.6 Å². The van der Waals surface area contributed by atoms with Crippen molar-refractivity contribution in [3.63, 3.8) is 0 Å². The molecule has 1 saturated carbocycles. The van der Waals surface area contributed by atoms with Crippen LogP contribution >= 0.6 is 0 Å². The van der Waals surface area contributed by atoms with Gasteiger partial charge in [0.25, 0.3) is 0 Å². The van der Waals surface area contributed by atoms with E-state index >= 15 is 0 Å². The first-order chi connectivity index (χ1) is 8.05. The molecule has 0 aromatic rings. The fourth-order valence-electron chi connectivity index (χ4n) is 2.77. The van der Waals surface area contributed by atoms with E-state index in [0.29, 0.717) is 5.41 Å². The Morgan fingerprint density at radius 3 is 2.35 bits per heavy atom. The molecular weight excluding hydrogens is 208 g/mol. The smallest absolute Gasteiger partial charge is 0.00922 e. The molecule has 0 unspecified atom stereocenters. The molecule has 102 valence electrons. The lowest BCUT2D eigenvalue weighted by Gasteiger charge is -2.31. The third-order valence-electron chi connectivity index (χ3n) is 4.37. The Hall–Kier alpha value is -0.0800.